The van der Waals surface area contributed by atoms with E-state index >= 15 is 0 Å². The first-order valence-corrected chi connectivity index (χ1v) is 6.22. The van der Waals surface area contributed by atoms with Crippen LogP contribution in [0.4, 0.5) is 4.39 Å². The lowest BCUT2D eigenvalue weighted by Crippen LogP contribution is -2.55. The highest BCUT2D eigenvalue weighted by molar-refractivity contribution is 5.52. The first-order chi connectivity index (χ1) is 9.22. The van der Waals surface area contributed by atoms with Crippen molar-refractivity contribution in [2.24, 2.45) is 0 Å². The summed E-state index contributed by atoms with van der Waals surface area (Å²) in [6.45, 7) is 2.65. The van der Waals surface area contributed by atoms with Gasteiger partial charge in [0.25, 0.3) is 5.89 Å². The van der Waals surface area contributed by atoms with Gasteiger partial charge in [-0.25, -0.2) is 4.39 Å². The van der Waals surface area contributed by atoms with E-state index in [1.54, 1.807) is 12.1 Å². The molecule has 1 saturated heterocycles. The van der Waals surface area contributed by atoms with Crippen molar-refractivity contribution in [1.82, 2.24) is 20.4 Å². The number of nitrogens with zero attached hydrogens (tertiary/aromatic N) is 3. The molecule has 0 bridgehead atoms. The van der Waals surface area contributed by atoms with Crippen molar-refractivity contribution in [2.45, 2.75) is 12.6 Å². The first kappa shape index (κ1) is 12.3. The van der Waals surface area contributed by atoms with Crippen LogP contribution in [-0.2, 0) is 6.54 Å². The predicted molar refractivity (Wildman–Crippen MR) is 67.8 cm³/mol. The molecule has 0 saturated carbocycles. The topological polar surface area (TPSA) is 54.2 Å². The molecule has 1 aliphatic rings. The van der Waals surface area contributed by atoms with Gasteiger partial charge >= 0.3 is 0 Å². The molecule has 2 heterocycles. The van der Waals surface area contributed by atoms with Crippen LogP contribution >= 0.6 is 0 Å². The van der Waals surface area contributed by atoms with Crippen molar-refractivity contribution in [3.8, 4) is 11.5 Å². The maximum atomic E-state index is 12.8. The van der Waals surface area contributed by atoms with E-state index in [9.17, 15) is 4.39 Å². The molecular weight excluding hydrogens is 247 g/mol. The number of aromatic nitrogens is 2. The van der Waals surface area contributed by atoms with Crippen molar-refractivity contribution >= 4 is 0 Å². The molecule has 2 aromatic rings. The molecule has 5 nitrogen and oxygen atoms in total. The summed E-state index contributed by atoms with van der Waals surface area (Å²) in [7, 11) is 2.04. The van der Waals surface area contributed by atoms with Gasteiger partial charge in [-0.2, -0.15) is 4.98 Å². The number of benzene rings is 1. The van der Waals surface area contributed by atoms with E-state index in [1.165, 1.54) is 12.1 Å². The molecule has 0 atom stereocenters. The van der Waals surface area contributed by atoms with Crippen molar-refractivity contribution in [2.75, 3.05) is 20.1 Å². The minimum Gasteiger partial charge on any atom is -0.334 e. The highest BCUT2D eigenvalue weighted by Crippen LogP contribution is 2.18. The van der Waals surface area contributed by atoms with Gasteiger partial charge in [-0.1, -0.05) is 5.16 Å². The third-order valence-electron chi connectivity index (χ3n) is 3.33. The second-order valence-corrected chi connectivity index (χ2v) is 4.75. The number of nitrogens with one attached hydrogen (secondary N) is 1. The van der Waals surface area contributed by atoms with Crippen LogP contribution < -0.4 is 5.32 Å². The number of likely N-dealkylation sites (N-methyl/N-ethyl adjacent to an activating group) is 1. The molecule has 1 aromatic carbocycles. The van der Waals surface area contributed by atoms with Gasteiger partial charge in [0.05, 0.1) is 6.54 Å². The quantitative estimate of drug-likeness (QED) is 0.899. The lowest BCUT2D eigenvalue weighted by atomic mass is 10.1. The number of hydrogen-bond donors (Lipinski definition) is 1. The fourth-order valence-electron chi connectivity index (χ4n) is 1.97. The fourth-order valence-corrected chi connectivity index (χ4v) is 1.97. The highest BCUT2D eigenvalue weighted by Gasteiger charge is 2.22. The zero-order chi connectivity index (χ0) is 13.2. The molecule has 0 amide bonds. The molecular formula is C13H15FN4O. The summed E-state index contributed by atoms with van der Waals surface area (Å²) >= 11 is 0. The smallest absolute Gasteiger partial charge is 0.257 e. The van der Waals surface area contributed by atoms with Crippen LogP contribution in [0.25, 0.3) is 11.5 Å². The largest absolute Gasteiger partial charge is 0.334 e. The Labute approximate surface area is 110 Å². The highest BCUT2D eigenvalue weighted by atomic mass is 19.1. The molecule has 1 N–H and O–H groups in total. The Morgan fingerprint density at radius 3 is 2.74 bits per heavy atom. The van der Waals surface area contributed by atoms with Crippen molar-refractivity contribution in [3.63, 3.8) is 0 Å². The van der Waals surface area contributed by atoms with Gasteiger partial charge in [-0.3, -0.25) is 4.90 Å². The Morgan fingerprint density at radius 2 is 2.11 bits per heavy atom. The van der Waals surface area contributed by atoms with Crippen LogP contribution in [0.2, 0.25) is 0 Å². The van der Waals surface area contributed by atoms with Gasteiger partial charge in [-0.05, 0) is 31.3 Å². The van der Waals surface area contributed by atoms with Crippen LogP contribution in [0.3, 0.4) is 0 Å². The fraction of sp³-hybridized carbons (Fsp3) is 0.385. The average Bonchev–Trinajstić information content (AvgIpc) is 2.76. The third kappa shape index (κ3) is 2.64. The third-order valence-corrected chi connectivity index (χ3v) is 3.33. The molecule has 19 heavy (non-hydrogen) atoms. The molecule has 0 unspecified atom stereocenters. The number of rotatable bonds is 4. The summed E-state index contributed by atoms with van der Waals surface area (Å²) in [6.07, 6.45) is 0. The molecule has 6 heteroatoms. The standard InChI is InChI=1S/C13H15FN4O/c1-18(11-6-15-7-11)8-12-16-13(19-17-12)9-2-4-10(14)5-3-9/h2-5,11,15H,6-8H2,1H3. The second kappa shape index (κ2) is 5.07. The maximum Gasteiger partial charge on any atom is 0.257 e. The number of halogens is 1. The van der Waals surface area contributed by atoms with Gasteiger partial charge in [0.2, 0.25) is 0 Å². The molecule has 0 aliphatic carbocycles. The van der Waals surface area contributed by atoms with E-state index in [1.807, 2.05) is 7.05 Å². The lowest BCUT2D eigenvalue weighted by molar-refractivity contribution is 0.168. The van der Waals surface area contributed by atoms with E-state index in [-0.39, 0.29) is 5.82 Å². The van der Waals surface area contributed by atoms with Gasteiger partial charge in [0.1, 0.15) is 5.82 Å². The Bertz CT molecular complexity index is 550. The monoisotopic (exact) mass is 262 g/mol. The van der Waals surface area contributed by atoms with Crippen LogP contribution in [0, 0.1) is 5.82 Å². The minimum atomic E-state index is -0.277. The normalized spacial score (nSPS) is 15.7. The maximum absolute atomic E-state index is 12.8. The molecule has 1 aromatic heterocycles. The zero-order valence-corrected chi connectivity index (χ0v) is 10.6. The molecule has 3 rings (SSSR count). The summed E-state index contributed by atoms with van der Waals surface area (Å²) in [5.74, 6) is 0.796. The van der Waals surface area contributed by atoms with Gasteiger partial charge in [-0.15, -0.1) is 0 Å². The van der Waals surface area contributed by atoms with Crippen LogP contribution in [-0.4, -0.2) is 41.2 Å². The van der Waals surface area contributed by atoms with Gasteiger partial charge in [0.15, 0.2) is 5.82 Å². The SMILES string of the molecule is CN(Cc1noc(-c2ccc(F)cc2)n1)C1CNC1. The second-order valence-electron chi connectivity index (χ2n) is 4.75. The Kier molecular flexibility index (Phi) is 3.27. The van der Waals surface area contributed by atoms with Gasteiger partial charge in [0, 0.05) is 24.7 Å². The van der Waals surface area contributed by atoms with E-state index in [2.05, 4.69) is 20.4 Å². The van der Waals surface area contributed by atoms with E-state index in [0.29, 0.717) is 24.3 Å². The van der Waals surface area contributed by atoms with Crippen LogP contribution in [0.5, 0.6) is 0 Å². The lowest BCUT2D eigenvalue weighted by Gasteiger charge is -2.34. The molecule has 1 aliphatic heterocycles. The predicted octanol–water partition coefficient (Wildman–Crippen LogP) is 1.28. The summed E-state index contributed by atoms with van der Waals surface area (Å²) in [5.41, 5.74) is 0.730. The minimum absolute atomic E-state index is 0.277. The molecule has 1 fully saturated rings. The summed E-state index contributed by atoms with van der Waals surface area (Å²) < 4.78 is 18.0. The van der Waals surface area contributed by atoms with E-state index in [4.69, 9.17) is 4.52 Å². The van der Waals surface area contributed by atoms with Crippen LogP contribution in [0.15, 0.2) is 28.8 Å². The molecule has 0 spiro atoms. The van der Waals surface area contributed by atoms with Crippen molar-refractivity contribution in [3.05, 3.63) is 35.9 Å². The van der Waals surface area contributed by atoms with Crippen LogP contribution in [0.1, 0.15) is 5.82 Å². The summed E-state index contributed by atoms with van der Waals surface area (Å²) in [5, 5.41) is 7.18. The first-order valence-electron chi connectivity index (χ1n) is 6.22. The number of hydrogen-bond acceptors (Lipinski definition) is 5. The van der Waals surface area contributed by atoms with Gasteiger partial charge < -0.3 is 9.84 Å². The summed E-state index contributed by atoms with van der Waals surface area (Å²) in [4.78, 5) is 6.52. The Balaban J connectivity index is 1.70. The van der Waals surface area contributed by atoms with E-state index in [0.717, 1.165) is 18.7 Å². The van der Waals surface area contributed by atoms with Crippen molar-refractivity contribution in [1.29, 1.82) is 0 Å². The summed E-state index contributed by atoms with van der Waals surface area (Å²) in [6, 6.07) is 6.56. The van der Waals surface area contributed by atoms with Crippen molar-refractivity contribution < 1.29 is 8.91 Å². The molecule has 100 valence electrons. The average molecular weight is 262 g/mol. The zero-order valence-electron chi connectivity index (χ0n) is 10.6. The Morgan fingerprint density at radius 1 is 1.37 bits per heavy atom. The molecule has 0 radical (unpaired) electrons. The Hall–Kier alpha value is -1.79. The van der Waals surface area contributed by atoms with E-state index < -0.39 is 0 Å².